The van der Waals surface area contributed by atoms with Gasteiger partial charge in [0.1, 0.15) is 5.75 Å². The van der Waals surface area contributed by atoms with E-state index in [4.69, 9.17) is 32.7 Å². The van der Waals surface area contributed by atoms with Crippen LogP contribution in [-0.4, -0.2) is 25.1 Å². The molecular formula is C20H21Cl2NO4. The Morgan fingerprint density at radius 2 is 1.85 bits per heavy atom. The lowest BCUT2D eigenvalue weighted by atomic mass is 10.1. The minimum Gasteiger partial charge on any atom is -0.492 e. The number of carbonyl (C=O) groups is 2. The SMILES string of the molecule is Cc1ccc(NC(=O)COC(=O)CCCOc2ccc(Cl)cc2Cl)c(C)c1. The van der Waals surface area contributed by atoms with Gasteiger partial charge in [-0.3, -0.25) is 9.59 Å². The molecule has 0 fully saturated rings. The highest BCUT2D eigenvalue weighted by molar-refractivity contribution is 6.35. The fraction of sp³-hybridized carbons (Fsp3) is 0.300. The van der Waals surface area contributed by atoms with Gasteiger partial charge in [0.25, 0.3) is 5.91 Å². The van der Waals surface area contributed by atoms with Crippen LogP contribution in [0.1, 0.15) is 24.0 Å². The van der Waals surface area contributed by atoms with Crippen LogP contribution in [0, 0.1) is 13.8 Å². The van der Waals surface area contributed by atoms with Crippen LogP contribution in [0.15, 0.2) is 36.4 Å². The van der Waals surface area contributed by atoms with E-state index >= 15 is 0 Å². The molecule has 0 atom stereocenters. The topological polar surface area (TPSA) is 64.6 Å². The average Bonchev–Trinajstić information content (AvgIpc) is 2.61. The van der Waals surface area contributed by atoms with Crippen LogP contribution in [-0.2, 0) is 14.3 Å². The predicted octanol–water partition coefficient (Wildman–Crippen LogP) is 4.95. The Kier molecular flexibility index (Phi) is 7.95. The molecule has 0 unspecified atom stereocenters. The highest BCUT2D eigenvalue weighted by Crippen LogP contribution is 2.27. The molecule has 0 radical (unpaired) electrons. The Bertz CT molecular complexity index is 824. The van der Waals surface area contributed by atoms with Crippen LogP contribution >= 0.6 is 23.2 Å². The van der Waals surface area contributed by atoms with E-state index in [2.05, 4.69) is 5.32 Å². The Balaban J connectivity index is 1.66. The molecule has 7 heteroatoms. The van der Waals surface area contributed by atoms with Gasteiger partial charge in [0.05, 0.1) is 11.6 Å². The molecule has 0 bridgehead atoms. The largest absolute Gasteiger partial charge is 0.492 e. The van der Waals surface area contributed by atoms with Gasteiger partial charge in [-0.15, -0.1) is 0 Å². The van der Waals surface area contributed by atoms with Crippen molar-refractivity contribution in [1.82, 2.24) is 0 Å². The van der Waals surface area contributed by atoms with Crippen LogP contribution in [0.2, 0.25) is 10.0 Å². The van der Waals surface area contributed by atoms with E-state index in [1.54, 1.807) is 18.2 Å². The quantitative estimate of drug-likeness (QED) is 0.494. The molecule has 0 spiro atoms. The van der Waals surface area contributed by atoms with Crippen molar-refractivity contribution in [3.63, 3.8) is 0 Å². The standard InChI is InChI=1S/C20H21Cl2NO4/c1-13-5-7-17(14(2)10-13)23-19(24)12-27-20(25)4-3-9-26-18-8-6-15(21)11-16(18)22/h5-8,10-11H,3-4,9,12H2,1-2H3,(H,23,24). The molecule has 144 valence electrons. The molecule has 0 aliphatic rings. The summed E-state index contributed by atoms with van der Waals surface area (Å²) in [4.78, 5) is 23.6. The summed E-state index contributed by atoms with van der Waals surface area (Å²) in [7, 11) is 0. The maximum atomic E-state index is 11.9. The first-order valence-electron chi connectivity index (χ1n) is 8.45. The van der Waals surface area contributed by atoms with Gasteiger partial charge in [-0.05, 0) is 50.1 Å². The van der Waals surface area contributed by atoms with Gasteiger partial charge < -0.3 is 14.8 Å². The van der Waals surface area contributed by atoms with Gasteiger partial charge in [-0.2, -0.15) is 0 Å². The first-order chi connectivity index (χ1) is 12.8. The number of esters is 1. The molecule has 0 aliphatic heterocycles. The maximum Gasteiger partial charge on any atom is 0.306 e. The van der Waals surface area contributed by atoms with E-state index in [1.165, 1.54) is 0 Å². The van der Waals surface area contributed by atoms with Gasteiger partial charge in [-0.25, -0.2) is 0 Å². The molecule has 27 heavy (non-hydrogen) atoms. The van der Waals surface area contributed by atoms with Crippen molar-refractivity contribution in [1.29, 1.82) is 0 Å². The van der Waals surface area contributed by atoms with Crippen molar-refractivity contribution in [2.24, 2.45) is 0 Å². The number of carbonyl (C=O) groups excluding carboxylic acids is 2. The summed E-state index contributed by atoms with van der Waals surface area (Å²) in [5.74, 6) is -0.335. The number of rotatable bonds is 8. The Hall–Kier alpha value is -2.24. The third kappa shape index (κ3) is 7.12. The minimum atomic E-state index is -0.461. The molecule has 1 amide bonds. The lowest BCUT2D eigenvalue weighted by Gasteiger charge is -2.10. The van der Waals surface area contributed by atoms with Crippen LogP contribution in [0.3, 0.4) is 0 Å². The van der Waals surface area contributed by atoms with Gasteiger partial charge in [0, 0.05) is 17.1 Å². The summed E-state index contributed by atoms with van der Waals surface area (Å²) in [6.45, 7) is 3.85. The summed E-state index contributed by atoms with van der Waals surface area (Å²) in [6, 6.07) is 10.6. The fourth-order valence-electron chi connectivity index (χ4n) is 2.35. The first-order valence-corrected chi connectivity index (χ1v) is 9.21. The van der Waals surface area contributed by atoms with Gasteiger partial charge in [0.15, 0.2) is 6.61 Å². The lowest BCUT2D eigenvalue weighted by molar-refractivity contribution is -0.147. The molecule has 0 saturated carbocycles. The minimum absolute atomic E-state index is 0.141. The molecule has 0 saturated heterocycles. The number of anilines is 1. The summed E-state index contributed by atoms with van der Waals surface area (Å²) in [5.41, 5.74) is 2.77. The molecule has 0 aliphatic carbocycles. The fourth-order valence-corrected chi connectivity index (χ4v) is 2.81. The van der Waals surface area contributed by atoms with Crippen LogP contribution in [0.4, 0.5) is 5.69 Å². The number of halogens is 2. The number of amides is 1. The van der Waals surface area contributed by atoms with Crippen molar-refractivity contribution < 1.29 is 19.1 Å². The normalized spacial score (nSPS) is 10.4. The number of hydrogen-bond donors (Lipinski definition) is 1. The van der Waals surface area contributed by atoms with Crippen molar-refractivity contribution in [3.05, 3.63) is 57.6 Å². The van der Waals surface area contributed by atoms with E-state index in [0.717, 1.165) is 11.1 Å². The molecule has 0 heterocycles. The molecular weight excluding hydrogens is 389 g/mol. The van der Waals surface area contributed by atoms with E-state index in [1.807, 2.05) is 32.0 Å². The smallest absolute Gasteiger partial charge is 0.306 e. The molecule has 1 N–H and O–H groups in total. The number of nitrogens with one attached hydrogen (secondary N) is 1. The number of ether oxygens (including phenoxy) is 2. The Morgan fingerprint density at radius 3 is 2.56 bits per heavy atom. The summed E-state index contributed by atoms with van der Waals surface area (Å²) in [5, 5.41) is 3.66. The monoisotopic (exact) mass is 409 g/mol. The second-order valence-electron chi connectivity index (χ2n) is 6.05. The maximum absolute atomic E-state index is 11.9. The van der Waals surface area contributed by atoms with Gasteiger partial charge >= 0.3 is 5.97 Å². The highest BCUT2D eigenvalue weighted by Gasteiger charge is 2.10. The second-order valence-corrected chi connectivity index (χ2v) is 6.90. The van der Waals surface area contributed by atoms with Crippen molar-refractivity contribution >= 4 is 40.8 Å². The molecule has 2 aromatic carbocycles. The molecule has 5 nitrogen and oxygen atoms in total. The molecule has 0 aromatic heterocycles. The Labute approximate surface area is 168 Å². The zero-order valence-corrected chi connectivity index (χ0v) is 16.7. The van der Waals surface area contributed by atoms with E-state index in [9.17, 15) is 9.59 Å². The summed E-state index contributed by atoms with van der Waals surface area (Å²) >= 11 is 11.8. The van der Waals surface area contributed by atoms with Crippen LogP contribution in [0.5, 0.6) is 5.75 Å². The van der Waals surface area contributed by atoms with E-state index in [0.29, 0.717) is 34.5 Å². The van der Waals surface area contributed by atoms with Gasteiger partial charge in [-0.1, -0.05) is 40.9 Å². The highest BCUT2D eigenvalue weighted by atomic mass is 35.5. The zero-order valence-electron chi connectivity index (χ0n) is 15.2. The van der Waals surface area contributed by atoms with Crippen LogP contribution < -0.4 is 10.1 Å². The predicted molar refractivity (Wildman–Crippen MR) is 107 cm³/mol. The van der Waals surface area contributed by atoms with Crippen molar-refractivity contribution in [3.8, 4) is 5.75 Å². The van der Waals surface area contributed by atoms with Crippen molar-refractivity contribution in [2.45, 2.75) is 26.7 Å². The first kappa shape index (κ1) is 21.1. The molecule has 2 aromatic rings. The number of aryl methyl sites for hydroxylation is 2. The third-order valence-electron chi connectivity index (χ3n) is 3.70. The summed E-state index contributed by atoms with van der Waals surface area (Å²) < 4.78 is 10.5. The Morgan fingerprint density at radius 1 is 1.07 bits per heavy atom. The lowest BCUT2D eigenvalue weighted by Crippen LogP contribution is -2.21. The second kappa shape index (κ2) is 10.2. The number of benzene rings is 2. The van der Waals surface area contributed by atoms with Gasteiger partial charge in [0.2, 0.25) is 0 Å². The summed E-state index contributed by atoms with van der Waals surface area (Å²) in [6.07, 6.45) is 0.582. The third-order valence-corrected chi connectivity index (χ3v) is 4.23. The molecule has 2 rings (SSSR count). The van der Waals surface area contributed by atoms with Crippen LogP contribution in [0.25, 0.3) is 0 Å². The van der Waals surface area contributed by atoms with E-state index in [-0.39, 0.29) is 18.9 Å². The zero-order chi connectivity index (χ0) is 19.8. The van der Waals surface area contributed by atoms with Crippen molar-refractivity contribution in [2.75, 3.05) is 18.5 Å². The average molecular weight is 410 g/mol. The van der Waals surface area contributed by atoms with E-state index < -0.39 is 5.97 Å². The number of hydrogen-bond acceptors (Lipinski definition) is 4.